The molecule has 0 saturated carbocycles. The summed E-state index contributed by atoms with van der Waals surface area (Å²) in [6.07, 6.45) is 8.23. The van der Waals surface area contributed by atoms with Crippen LogP contribution in [0.5, 0.6) is 0 Å². The molecule has 1 heteroatoms. The second-order valence-corrected chi connectivity index (χ2v) is 4.62. The van der Waals surface area contributed by atoms with Crippen molar-refractivity contribution in [2.45, 2.75) is 6.92 Å². The van der Waals surface area contributed by atoms with Gasteiger partial charge in [0.15, 0.2) is 0 Å². The Morgan fingerprint density at radius 3 is 2.17 bits per heavy atom. The third-order valence-corrected chi connectivity index (χ3v) is 2.85. The first-order valence-corrected chi connectivity index (χ1v) is 6.29. The molecule has 2 aromatic rings. The van der Waals surface area contributed by atoms with E-state index in [1.807, 2.05) is 36.4 Å². The Morgan fingerprint density at radius 1 is 0.833 bits per heavy atom. The number of hydrogen-bond donors (Lipinski definition) is 0. The normalized spacial score (nSPS) is 11.4. The van der Waals surface area contributed by atoms with Crippen LogP contribution in [-0.4, -0.2) is 0 Å². The summed E-state index contributed by atoms with van der Waals surface area (Å²) in [5.41, 5.74) is 3.64. The predicted molar refractivity (Wildman–Crippen MR) is 80.7 cm³/mol. The maximum absolute atomic E-state index is 5.83. The van der Waals surface area contributed by atoms with Crippen molar-refractivity contribution in [1.82, 2.24) is 0 Å². The quantitative estimate of drug-likeness (QED) is 0.646. The first kappa shape index (κ1) is 12.7. The van der Waals surface area contributed by atoms with Gasteiger partial charge in [0.2, 0.25) is 0 Å². The average Bonchev–Trinajstić information content (AvgIpc) is 2.37. The van der Waals surface area contributed by atoms with Gasteiger partial charge < -0.3 is 0 Å². The SMILES string of the molecule is Cc1cccc(C=CC=Cc2ccc(Cl)cc2)c1. The molecule has 0 saturated heterocycles. The molecule has 2 rings (SSSR count). The van der Waals surface area contributed by atoms with E-state index in [1.54, 1.807) is 0 Å². The zero-order valence-corrected chi connectivity index (χ0v) is 11.1. The summed E-state index contributed by atoms with van der Waals surface area (Å²) >= 11 is 5.83. The van der Waals surface area contributed by atoms with Crippen molar-refractivity contribution in [3.63, 3.8) is 0 Å². The van der Waals surface area contributed by atoms with Crippen molar-refractivity contribution in [1.29, 1.82) is 0 Å². The zero-order chi connectivity index (χ0) is 12.8. The van der Waals surface area contributed by atoms with E-state index in [9.17, 15) is 0 Å². The second-order valence-electron chi connectivity index (χ2n) is 4.18. The van der Waals surface area contributed by atoms with E-state index >= 15 is 0 Å². The molecule has 18 heavy (non-hydrogen) atoms. The van der Waals surface area contributed by atoms with Crippen molar-refractivity contribution >= 4 is 23.8 Å². The summed E-state index contributed by atoms with van der Waals surface area (Å²) in [7, 11) is 0. The molecule has 0 bridgehead atoms. The largest absolute Gasteiger partial charge is 0.0843 e. The molecule has 0 radical (unpaired) electrons. The van der Waals surface area contributed by atoms with E-state index in [2.05, 4.69) is 43.3 Å². The Hall–Kier alpha value is -1.79. The summed E-state index contributed by atoms with van der Waals surface area (Å²) in [5.74, 6) is 0. The lowest BCUT2D eigenvalue weighted by molar-refractivity contribution is 1.46. The lowest BCUT2D eigenvalue weighted by atomic mass is 10.1. The molecular weight excluding hydrogens is 240 g/mol. The van der Waals surface area contributed by atoms with Crippen LogP contribution in [0, 0.1) is 6.92 Å². The second kappa shape index (κ2) is 6.23. The standard InChI is InChI=1S/C17H15Cl/c1-14-5-4-8-16(13-14)7-3-2-6-15-9-11-17(18)12-10-15/h2-13H,1H3. The molecule has 0 nitrogen and oxygen atoms in total. The Labute approximate surface area is 113 Å². The summed E-state index contributed by atoms with van der Waals surface area (Å²) in [6.45, 7) is 2.10. The average molecular weight is 255 g/mol. The number of halogens is 1. The van der Waals surface area contributed by atoms with Gasteiger partial charge in [-0.25, -0.2) is 0 Å². The van der Waals surface area contributed by atoms with E-state index in [-0.39, 0.29) is 0 Å². The third kappa shape index (κ3) is 3.90. The predicted octanol–water partition coefficient (Wildman–Crippen LogP) is 5.38. The number of benzene rings is 2. The minimum Gasteiger partial charge on any atom is -0.0843 e. The fourth-order valence-corrected chi connectivity index (χ4v) is 1.81. The Morgan fingerprint density at radius 2 is 1.50 bits per heavy atom. The summed E-state index contributed by atoms with van der Waals surface area (Å²) in [6, 6.07) is 16.2. The molecule has 0 amide bonds. The lowest BCUT2D eigenvalue weighted by Crippen LogP contribution is -1.73. The maximum Gasteiger partial charge on any atom is 0.0406 e. The molecule has 0 atom stereocenters. The molecule has 90 valence electrons. The van der Waals surface area contributed by atoms with Gasteiger partial charge in [-0.3, -0.25) is 0 Å². The highest BCUT2D eigenvalue weighted by Crippen LogP contribution is 2.11. The van der Waals surface area contributed by atoms with Crippen LogP contribution in [0.2, 0.25) is 5.02 Å². The monoisotopic (exact) mass is 254 g/mol. The minimum absolute atomic E-state index is 0.766. The van der Waals surface area contributed by atoms with Crippen LogP contribution < -0.4 is 0 Å². The molecule has 2 aromatic carbocycles. The minimum atomic E-state index is 0.766. The van der Waals surface area contributed by atoms with Crippen LogP contribution in [0.3, 0.4) is 0 Å². The zero-order valence-electron chi connectivity index (χ0n) is 10.3. The van der Waals surface area contributed by atoms with Crippen LogP contribution in [-0.2, 0) is 0 Å². The maximum atomic E-state index is 5.83. The van der Waals surface area contributed by atoms with Crippen LogP contribution in [0.15, 0.2) is 60.7 Å². The summed E-state index contributed by atoms with van der Waals surface area (Å²) in [4.78, 5) is 0. The van der Waals surface area contributed by atoms with Gasteiger partial charge in [-0.15, -0.1) is 0 Å². The number of rotatable bonds is 3. The molecule has 0 unspecified atom stereocenters. The number of aryl methyl sites for hydroxylation is 1. The molecule has 0 aromatic heterocycles. The van der Waals surface area contributed by atoms with E-state index in [1.165, 1.54) is 11.1 Å². The smallest absolute Gasteiger partial charge is 0.0406 e. The Balaban J connectivity index is 2.01. The Bertz CT molecular complexity index is 562. The summed E-state index contributed by atoms with van der Waals surface area (Å²) < 4.78 is 0. The Kier molecular flexibility index (Phi) is 4.38. The van der Waals surface area contributed by atoms with Crippen LogP contribution >= 0.6 is 11.6 Å². The van der Waals surface area contributed by atoms with Gasteiger partial charge in [0.1, 0.15) is 0 Å². The van der Waals surface area contributed by atoms with Crippen LogP contribution in [0.1, 0.15) is 16.7 Å². The molecule has 0 aliphatic rings. The van der Waals surface area contributed by atoms with Gasteiger partial charge in [0, 0.05) is 5.02 Å². The van der Waals surface area contributed by atoms with E-state index in [0.29, 0.717) is 0 Å². The highest BCUT2D eigenvalue weighted by molar-refractivity contribution is 6.30. The lowest BCUT2D eigenvalue weighted by Gasteiger charge is -1.94. The summed E-state index contributed by atoms with van der Waals surface area (Å²) in [5, 5.41) is 0.766. The molecule has 0 N–H and O–H groups in total. The molecule has 0 spiro atoms. The topological polar surface area (TPSA) is 0 Å². The van der Waals surface area contributed by atoms with Gasteiger partial charge in [-0.2, -0.15) is 0 Å². The fraction of sp³-hybridized carbons (Fsp3) is 0.0588. The molecular formula is C17H15Cl. The third-order valence-electron chi connectivity index (χ3n) is 2.60. The number of allylic oxidation sites excluding steroid dienone is 2. The van der Waals surface area contributed by atoms with Gasteiger partial charge in [-0.05, 0) is 30.2 Å². The highest BCUT2D eigenvalue weighted by Gasteiger charge is 1.87. The van der Waals surface area contributed by atoms with E-state index in [4.69, 9.17) is 11.6 Å². The van der Waals surface area contributed by atoms with Crippen molar-refractivity contribution in [2.75, 3.05) is 0 Å². The first-order chi connectivity index (χ1) is 8.74. The van der Waals surface area contributed by atoms with Crippen LogP contribution in [0.4, 0.5) is 0 Å². The van der Waals surface area contributed by atoms with E-state index in [0.717, 1.165) is 10.6 Å². The van der Waals surface area contributed by atoms with E-state index < -0.39 is 0 Å². The van der Waals surface area contributed by atoms with Crippen molar-refractivity contribution in [3.05, 3.63) is 82.4 Å². The fourth-order valence-electron chi connectivity index (χ4n) is 1.68. The van der Waals surface area contributed by atoms with Crippen molar-refractivity contribution < 1.29 is 0 Å². The number of hydrogen-bond acceptors (Lipinski definition) is 0. The molecule has 0 fully saturated rings. The molecule has 0 aliphatic heterocycles. The van der Waals surface area contributed by atoms with Gasteiger partial charge in [0.05, 0.1) is 0 Å². The van der Waals surface area contributed by atoms with Gasteiger partial charge >= 0.3 is 0 Å². The van der Waals surface area contributed by atoms with Crippen molar-refractivity contribution in [2.24, 2.45) is 0 Å². The van der Waals surface area contributed by atoms with Gasteiger partial charge in [0.25, 0.3) is 0 Å². The van der Waals surface area contributed by atoms with Crippen LogP contribution in [0.25, 0.3) is 12.2 Å². The molecule has 0 heterocycles. The van der Waals surface area contributed by atoms with Gasteiger partial charge in [-0.1, -0.05) is 77.9 Å². The van der Waals surface area contributed by atoms with Crippen molar-refractivity contribution in [3.8, 4) is 0 Å². The highest BCUT2D eigenvalue weighted by atomic mass is 35.5. The first-order valence-electron chi connectivity index (χ1n) is 5.91. The molecule has 0 aliphatic carbocycles.